The maximum atomic E-state index is 13.4. The van der Waals surface area contributed by atoms with Gasteiger partial charge in [0.1, 0.15) is 5.82 Å². The van der Waals surface area contributed by atoms with Gasteiger partial charge in [-0.1, -0.05) is 27.7 Å². The van der Waals surface area contributed by atoms with E-state index in [1.165, 1.54) is 16.6 Å². The van der Waals surface area contributed by atoms with Crippen molar-refractivity contribution in [3.63, 3.8) is 0 Å². The standard InChI is InChI=1S/C23H40N6O6/c1-16(2)13-29-20(24)19(21(31)25-22(29)32)28(11-12-34-5)18(30)14-26-7-6-8-27(10-9-26)23(33)35-15-17(3)4/h16-17H,6-15,24H2,1-5H3,(H,25,31,32). The van der Waals surface area contributed by atoms with Crippen molar-refractivity contribution in [3.05, 3.63) is 20.8 Å². The van der Waals surface area contributed by atoms with Gasteiger partial charge >= 0.3 is 11.8 Å². The number of hydrogen-bond donors (Lipinski definition) is 2. The van der Waals surface area contributed by atoms with Crippen LogP contribution in [0, 0.1) is 11.8 Å². The third-order valence-electron chi connectivity index (χ3n) is 5.60. The third kappa shape index (κ3) is 8.10. The molecule has 2 heterocycles. The van der Waals surface area contributed by atoms with E-state index in [0.29, 0.717) is 45.8 Å². The number of rotatable bonds is 10. The van der Waals surface area contributed by atoms with Gasteiger partial charge in [-0.05, 0) is 18.3 Å². The molecule has 1 aromatic heterocycles. The average Bonchev–Trinajstić information content (AvgIpc) is 3.02. The van der Waals surface area contributed by atoms with Crippen LogP contribution in [0.15, 0.2) is 9.59 Å². The lowest BCUT2D eigenvalue weighted by Gasteiger charge is -2.27. The minimum absolute atomic E-state index is 0.0286. The maximum Gasteiger partial charge on any atom is 0.409 e. The van der Waals surface area contributed by atoms with Gasteiger partial charge in [0.2, 0.25) is 5.91 Å². The van der Waals surface area contributed by atoms with Crippen LogP contribution >= 0.6 is 0 Å². The smallest absolute Gasteiger partial charge is 0.409 e. The Kier molecular flexibility index (Phi) is 10.8. The van der Waals surface area contributed by atoms with Gasteiger partial charge in [-0.25, -0.2) is 9.59 Å². The van der Waals surface area contributed by atoms with Crippen molar-refractivity contribution in [1.82, 2.24) is 19.4 Å². The number of ether oxygens (including phenoxy) is 2. The summed E-state index contributed by atoms with van der Waals surface area (Å²) in [6, 6.07) is 0. The predicted octanol–water partition coefficient (Wildman–Crippen LogP) is 0.555. The van der Waals surface area contributed by atoms with E-state index in [2.05, 4.69) is 4.98 Å². The molecule has 1 fully saturated rings. The number of carbonyl (C=O) groups excluding carboxylic acids is 2. The highest BCUT2D eigenvalue weighted by Gasteiger charge is 2.27. The quantitative estimate of drug-likeness (QED) is 0.478. The zero-order valence-electron chi connectivity index (χ0n) is 21.5. The van der Waals surface area contributed by atoms with Gasteiger partial charge in [-0.2, -0.15) is 0 Å². The van der Waals surface area contributed by atoms with Crippen LogP contribution < -0.4 is 21.9 Å². The van der Waals surface area contributed by atoms with Gasteiger partial charge in [0.25, 0.3) is 5.56 Å². The molecular formula is C23H40N6O6. The lowest BCUT2D eigenvalue weighted by atomic mass is 10.2. The minimum atomic E-state index is -0.716. The Labute approximate surface area is 206 Å². The lowest BCUT2D eigenvalue weighted by molar-refractivity contribution is -0.119. The Hall–Kier alpha value is -2.86. The third-order valence-corrected chi connectivity index (χ3v) is 5.60. The number of nitrogens with one attached hydrogen (secondary N) is 1. The van der Waals surface area contributed by atoms with E-state index in [1.54, 1.807) is 4.90 Å². The highest BCUT2D eigenvalue weighted by molar-refractivity contribution is 5.96. The van der Waals surface area contributed by atoms with Crippen LogP contribution in [0.3, 0.4) is 0 Å². The Morgan fingerprint density at radius 2 is 1.80 bits per heavy atom. The maximum absolute atomic E-state index is 13.4. The summed E-state index contributed by atoms with van der Waals surface area (Å²) in [5, 5.41) is 0. The Balaban J connectivity index is 2.19. The molecule has 35 heavy (non-hydrogen) atoms. The molecule has 12 heteroatoms. The fourth-order valence-corrected chi connectivity index (χ4v) is 3.85. The van der Waals surface area contributed by atoms with E-state index < -0.39 is 11.2 Å². The van der Waals surface area contributed by atoms with E-state index in [9.17, 15) is 19.2 Å². The van der Waals surface area contributed by atoms with Crippen LogP contribution in [-0.4, -0.2) is 90.9 Å². The van der Waals surface area contributed by atoms with Gasteiger partial charge in [0.05, 0.1) is 19.8 Å². The molecule has 0 aromatic carbocycles. The molecular weight excluding hydrogens is 456 g/mol. The van der Waals surface area contributed by atoms with E-state index in [0.717, 1.165) is 0 Å². The molecule has 1 saturated heterocycles. The minimum Gasteiger partial charge on any atom is -0.449 e. The summed E-state index contributed by atoms with van der Waals surface area (Å²) >= 11 is 0. The zero-order chi connectivity index (χ0) is 26.1. The molecule has 0 aliphatic carbocycles. The zero-order valence-corrected chi connectivity index (χ0v) is 21.5. The molecule has 12 nitrogen and oxygen atoms in total. The number of anilines is 2. The first-order chi connectivity index (χ1) is 16.5. The molecule has 0 spiro atoms. The molecule has 0 saturated carbocycles. The fourth-order valence-electron chi connectivity index (χ4n) is 3.85. The van der Waals surface area contributed by atoms with Crippen LogP contribution in [0.5, 0.6) is 0 Å². The highest BCUT2D eigenvalue weighted by atomic mass is 16.6. The molecule has 0 bridgehead atoms. The van der Waals surface area contributed by atoms with Crippen molar-refractivity contribution in [2.75, 3.05) is 70.2 Å². The number of nitrogens with zero attached hydrogens (tertiary/aromatic N) is 4. The summed E-state index contributed by atoms with van der Waals surface area (Å²) in [6.45, 7) is 10.8. The Morgan fingerprint density at radius 3 is 2.43 bits per heavy atom. The molecule has 3 N–H and O–H groups in total. The lowest BCUT2D eigenvalue weighted by Crippen LogP contribution is -2.47. The van der Waals surface area contributed by atoms with Crippen LogP contribution in [0.2, 0.25) is 0 Å². The highest BCUT2D eigenvalue weighted by Crippen LogP contribution is 2.18. The second-order valence-electron chi connectivity index (χ2n) is 9.62. The molecule has 2 amide bonds. The Bertz CT molecular complexity index is 972. The van der Waals surface area contributed by atoms with Crippen molar-refractivity contribution in [3.8, 4) is 0 Å². The van der Waals surface area contributed by atoms with Crippen LogP contribution in [0.4, 0.5) is 16.3 Å². The van der Waals surface area contributed by atoms with E-state index in [1.807, 2.05) is 32.6 Å². The number of hydrogen-bond acceptors (Lipinski definition) is 8. The molecule has 0 atom stereocenters. The normalized spacial score (nSPS) is 14.9. The molecule has 0 radical (unpaired) electrons. The molecule has 0 unspecified atom stereocenters. The van der Waals surface area contributed by atoms with Gasteiger partial charge in [0.15, 0.2) is 5.69 Å². The van der Waals surface area contributed by atoms with Crippen molar-refractivity contribution in [2.24, 2.45) is 11.8 Å². The topological polar surface area (TPSA) is 143 Å². The summed E-state index contributed by atoms with van der Waals surface area (Å²) in [4.78, 5) is 57.9. The SMILES string of the molecule is COCCN(C(=O)CN1CCCN(C(=O)OCC(C)C)CC1)c1c(N)n(CC(C)C)c(=O)[nH]c1=O. The fraction of sp³-hybridized carbons (Fsp3) is 0.739. The summed E-state index contributed by atoms with van der Waals surface area (Å²) in [5.41, 5.74) is 4.86. The average molecular weight is 497 g/mol. The molecule has 198 valence electrons. The molecule has 1 aliphatic heterocycles. The van der Waals surface area contributed by atoms with Gasteiger partial charge in [-0.15, -0.1) is 0 Å². The van der Waals surface area contributed by atoms with Gasteiger partial charge in [-0.3, -0.25) is 24.0 Å². The number of carbonyl (C=O) groups is 2. The number of nitrogen functional groups attached to an aromatic ring is 1. The van der Waals surface area contributed by atoms with Crippen molar-refractivity contribution in [2.45, 2.75) is 40.7 Å². The van der Waals surface area contributed by atoms with Crippen molar-refractivity contribution >= 4 is 23.5 Å². The summed E-state index contributed by atoms with van der Waals surface area (Å²) in [7, 11) is 1.50. The van der Waals surface area contributed by atoms with E-state index >= 15 is 0 Å². The first-order valence-corrected chi connectivity index (χ1v) is 12.1. The first-order valence-electron chi connectivity index (χ1n) is 12.1. The van der Waals surface area contributed by atoms with Crippen molar-refractivity contribution in [1.29, 1.82) is 0 Å². The molecule has 2 rings (SSSR count). The van der Waals surface area contributed by atoms with E-state index in [-0.39, 0.29) is 55.0 Å². The van der Waals surface area contributed by atoms with Crippen LogP contribution in [0.1, 0.15) is 34.1 Å². The van der Waals surface area contributed by atoms with Gasteiger partial charge < -0.3 is 25.0 Å². The predicted molar refractivity (Wildman–Crippen MR) is 134 cm³/mol. The second kappa shape index (κ2) is 13.3. The summed E-state index contributed by atoms with van der Waals surface area (Å²) in [6.07, 6.45) is 0.338. The molecule has 1 aromatic rings. The molecule has 1 aliphatic rings. The monoisotopic (exact) mass is 496 g/mol. The number of methoxy groups -OCH3 is 1. The first kappa shape index (κ1) is 28.4. The largest absolute Gasteiger partial charge is 0.449 e. The van der Waals surface area contributed by atoms with Crippen LogP contribution in [0.25, 0.3) is 0 Å². The van der Waals surface area contributed by atoms with Gasteiger partial charge in [0, 0.05) is 46.4 Å². The van der Waals surface area contributed by atoms with Crippen LogP contribution in [-0.2, 0) is 20.8 Å². The summed E-state index contributed by atoms with van der Waals surface area (Å²) in [5.74, 6) is -0.0376. The Morgan fingerprint density at radius 1 is 1.09 bits per heavy atom. The number of H-pyrrole nitrogens is 1. The summed E-state index contributed by atoms with van der Waals surface area (Å²) < 4.78 is 11.8. The van der Waals surface area contributed by atoms with Crippen molar-refractivity contribution < 1.29 is 19.1 Å². The number of aromatic amines is 1. The number of aromatic nitrogens is 2. The number of nitrogens with two attached hydrogens (primary N) is 1. The number of amides is 2. The second-order valence-corrected chi connectivity index (χ2v) is 9.62. The van der Waals surface area contributed by atoms with E-state index in [4.69, 9.17) is 15.2 Å².